The molecule has 10 heteroatoms. The summed E-state index contributed by atoms with van der Waals surface area (Å²) in [5.41, 5.74) is 4.84. The summed E-state index contributed by atoms with van der Waals surface area (Å²) in [6, 6.07) is 26.2. The zero-order chi connectivity index (χ0) is 26.8. The van der Waals surface area contributed by atoms with Crippen molar-refractivity contribution in [2.75, 3.05) is 26.3 Å². The molecule has 2 aromatic heterocycles. The molecule has 9 nitrogen and oxygen atoms in total. The minimum Gasteiger partial charge on any atom is -0.379 e. The third kappa shape index (κ3) is 4.86. The average Bonchev–Trinajstić information content (AvgIpc) is 3.61. The SMILES string of the molecule is N#CC(=Cc1cn(-c2ccccc2)nc1-c1ccc(S(=O)(=O)N2CCOCC2)cc1)c1nc2ccccc2[nH]1. The number of aromatic nitrogens is 4. The van der Waals surface area contributed by atoms with Crippen molar-refractivity contribution >= 4 is 32.7 Å². The lowest BCUT2D eigenvalue weighted by atomic mass is 10.1. The predicted octanol–water partition coefficient (Wildman–Crippen LogP) is 4.50. The van der Waals surface area contributed by atoms with Gasteiger partial charge in [0.2, 0.25) is 10.0 Å². The van der Waals surface area contributed by atoms with Crippen LogP contribution in [0.5, 0.6) is 0 Å². The second-order valence-corrected chi connectivity index (χ2v) is 11.0. The van der Waals surface area contributed by atoms with Gasteiger partial charge in [-0.15, -0.1) is 0 Å². The Bertz CT molecular complexity index is 1780. The molecule has 6 rings (SSSR count). The molecule has 1 saturated heterocycles. The second-order valence-electron chi connectivity index (χ2n) is 9.03. The number of hydrogen-bond donors (Lipinski definition) is 1. The van der Waals surface area contributed by atoms with Crippen molar-refractivity contribution in [1.82, 2.24) is 24.1 Å². The molecule has 0 bridgehead atoms. The number of ether oxygens (including phenoxy) is 1. The summed E-state index contributed by atoms with van der Waals surface area (Å²) in [7, 11) is -3.62. The lowest BCUT2D eigenvalue weighted by molar-refractivity contribution is 0.0730. The fraction of sp³-hybridized carbons (Fsp3) is 0.138. The van der Waals surface area contributed by atoms with Gasteiger partial charge in [0.25, 0.3) is 0 Å². The van der Waals surface area contributed by atoms with Crippen LogP contribution < -0.4 is 0 Å². The normalized spacial score (nSPS) is 14.9. The number of nitrogens with zero attached hydrogens (tertiary/aromatic N) is 5. The Kier molecular flexibility index (Phi) is 6.54. The fourth-order valence-electron chi connectivity index (χ4n) is 4.54. The molecule has 1 N–H and O–H groups in total. The molecule has 0 unspecified atom stereocenters. The Morgan fingerprint density at radius 3 is 2.41 bits per heavy atom. The summed E-state index contributed by atoms with van der Waals surface area (Å²) in [4.78, 5) is 8.00. The molecule has 0 aliphatic carbocycles. The summed E-state index contributed by atoms with van der Waals surface area (Å²) >= 11 is 0. The van der Waals surface area contributed by atoms with E-state index in [0.717, 1.165) is 22.3 Å². The summed E-state index contributed by atoms with van der Waals surface area (Å²) in [6.07, 6.45) is 3.60. The van der Waals surface area contributed by atoms with E-state index in [1.165, 1.54) is 4.31 Å². The number of sulfonamides is 1. The van der Waals surface area contributed by atoms with Gasteiger partial charge in [-0.05, 0) is 42.5 Å². The Hall–Kier alpha value is -4.56. The van der Waals surface area contributed by atoms with E-state index in [1.54, 1.807) is 35.0 Å². The zero-order valence-electron chi connectivity index (χ0n) is 20.9. The Labute approximate surface area is 225 Å². The number of hydrogen-bond acceptors (Lipinski definition) is 6. The molecule has 1 fully saturated rings. The molecule has 194 valence electrons. The molecule has 0 spiro atoms. The summed E-state index contributed by atoms with van der Waals surface area (Å²) in [5, 5.41) is 14.8. The monoisotopic (exact) mass is 536 g/mol. The number of benzene rings is 3. The average molecular weight is 537 g/mol. The number of para-hydroxylation sites is 3. The lowest BCUT2D eigenvalue weighted by Gasteiger charge is -2.26. The van der Waals surface area contributed by atoms with Crippen LogP contribution in [0.25, 0.3) is 39.6 Å². The maximum absolute atomic E-state index is 13.1. The maximum Gasteiger partial charge on any atom is 0.243 e. The first kappa shape index (κ1) is 24.8. The molecule has 1 aliphatic heterocycles. The lowest BCUT2D eigenvalue weighted by Crippen LogP contribution is -2.40. The number of nitriles is 1. The van der Waals surface area contributed by atoms with Crippen LogP contribution in [0.1, 0.15) is 11.4 Å². The highest BCUT2D eigenvalue weighted by molar-refractivity contribution is 7.89. The van der Waals surface area contributed by atoms with Crippen LogP contribution in [0.2, 0.25) is 0 Å². The van der Waals surface area contributed by atoms with Crippen LogP contribution >= 0.6 is 0 Å². The van der Waals surface area contributed by atoms with Crippen molar-refractivity contribution < 1.29 is 13.2 Å². The number of fused-ring (bicyclic) bond motifs is 1. The number of allylic oxidation sites excluding steroid dienone is 1. The third-order valence-electron chi connectivity index (χ3n) is 6.56. The molecule has 0 radical (unpaired) electrons. The van der Waals surface area contributed by atoms with E-state index in [-0.39, 0.29) is 4.90 Å². The topological polar surface area (TPSA) is 117 Å². The smallest absolute Gasteiger partial charge is 0.243 e. The number of H-pyrrole nitrogens is 1. The standard InChI is InChI=1S/C29H24N6O3S/c30-19-22(29-31-26-8-4-5-9-27(26)32-29)18-23-20-35(24-6-2-1-3-7-24)33-28(23)21-10-12-25(13-11-21)39(36,37)34-14-16-38-17-15-34/h1-13,18,20H,14-17H2,(H,31,32). The van der Waals surface area contributed by atoms with E-state index in [9.17, 15) is 13.7 Å². The fourth-order valence-corrected chi connectivity index (χ4v) is 5.95. The Morgan fingerprint density at radius 1 is 0.974 bits per heavy atom. The summed E-state index contributed by atoms with van der Waals surface area (Å²) in [6.45, 7) is 1.44. The van der Waals surface area contributed by atoms with Crippen LogP contribution in [-0.2, 0) is 14.8 Å². The van der Waals surface area contributed by atoms with E-state index in [2.05, 4.69) is 16.0 Å². The van der Waals surface area contributed by atoms with Crippen LogP contribution in [0.4, 0.5) is 0 Å². The van der Waals surface area contributed by atoms with Crippen molar-refractivity contribution in [2.24, 2.45) is 0 Å². The predicted molar refractivity (Wildman–Crippen MR) is 148 cm³/mol. The molecule has 5 aromatic rings. The van der Waals surface area contributed by atoms with E-state index in [0.29, 0.717) is 49.0 Å². The number of nitrogens with one attached hydrogen (secondary N) is 1. The highest BCUT2D eigenvalue weighted by atomic mass is 32.2. The van der Waals surface area contributed by atoms with E-state index in [4.69, 9.17) is 9.84 Å². The molecule has 0 saturated carbocycles. The molecule has 39 heavy (non-hydrogen) atoms. The second kappa shape index (κ2) is 10.3. The Morgan fingerprint density at radius 2 is 1.69 bits per heavy atom. The van der Waals surface area contributed by atoms with Gasteiger partial charge in [-0.3, -0.25) is 0 Å². The minimum atomic E-state index is -3.62. The molecule has 3 aromatic carbocycles. The van der Waals surface area contributed by atoms with Gasteiger partial charge in [0.05, 0.1) is 46.1 Å². The van der Waals surface area contributed by atoms with Gasteiger partial charge in [0.15, 0.2) is 0 Å². The zero-order valence-corrected chi connectivity index (χ0v) is 21.7. The third-order valence-corrected chi connectivity index (χ3v) is 8.48. The molecule has 3 heterocycles. The number of rotatable bonds is 6. The van der Waals surface area contributed by atoms with Crippen LogP contribution in [0, 0.1) is 11.3 Å². The largest absolute Gasteiger partial charge is 0.379 e. The summed E-state index contributed by atoms with van der Waals surface area (Å²) < 4.78 is 34.7. The highest BCUT2D eigenvalue weighted by Gasteiger charge is 2.26. The van der Waals surface area contributed by atoms with Gasteiger partial charge < -0.3 is 9.72 Å². The van der Waals surface area contributed by atoms with Crippen LogP contribution in [0.15, 0.2) is 90.0 Å². The molecule has 1 aliphatic rings. The van der Waals surface area contributed by atoms with E-state index < -0.39 is 10.0 Å². The molecular formula is C29H24N6O3S. The first-order chi connectivity index (χ1) is 19.0. The first-order valence-electron chi connectivity index (χ1n) is 12.4. The van der Waals surface area contributed by atoms with Crippen molar-refractivity contribution in [3.05, 3.63) is 96.4 Å². The quantitative estimate of drug-likeness (QED) is 0.319. The van der Waals surface area contributed by atoms with E-state index in [1.807, 2.05) is 60.8 Å². The molecule has 0 amide bonds. The number of aromatic amines is 1. The summed E-state index contributed by atoms with van der Waals surface area (Å²) in [5.74, 6) is 0.462. The van der Waals surface area contributed by atoms with Gasteiger partial charge in [-0.2, -0.15) is 14.7 Å². The highest BCUT2D eigenvalue weighted by Crippen LogP contribution is 2.29. The van der Waals surface area contributed by atoms with Crippen molar-refractivity contribution in [3.8, 4) is 23.0 Å². The first-order valence-corrected chi connectivity index (χ1v) is 13.9. The van der Waals surface area contributed by atoms with Crippen molar-refractivity contribution in [2.45, 2.75) is 4.90 Å². The molecule has 0 atom stereocenters. The van der Waals surface area contributed by atoms with Crippen LogP contribution in [0.3, 0.4) is 0 Å². The van der Waals surface area contributed by atoms with Gasteiger partial charge in [0, 0.05) is 30.4 Å². The Balaban J connectivity index is 1.42. The van der Waals surface area contributed by atoms with Crippen molar-refractivity contribution in [3.63, 3.8) is 0 Å². The van der Waals surface area contributed by atoms with Gasteiger partial charge in [-0.1, -0.05) is 42.5 Å². The number of imidazole rings is 1. The van der Waals surface area contributed by atoms with Gasteiger partial charge >= 0.3 is 0 Å². The maximum atomic E-state index is 13.1. The minimum absolute atomic E-state index is 0.215. The van der Waals surface area contributed by atoms with Crippen molar-refractivity contribution in [1.29, 1.82) is 5.26 Å². The van der Waals surface area contributed by atoms with Gasteiger partial charge in [-0.25, -0.2) is 18.1 Å². The molecular weight excluding hydrogens is 512 g/mol. The van der Waals surface area contributed by atoms with E-state index >= 15 is 0 Å². The van der Waals surface area contributed by atoms with Gasteiger partial charge in [0.1, 0.15) is 11.9 Å². The van der Waals surface area contributed by atoms with Crippen LogP contribution in [-0.4, -0.2) is 58.8 Å². The number of morpholine rings is 1.